The van der Waals surface area contributed by atoms with Gasteiger partial charge in [-0.25, -0.2) is 4.79 Å². The lowest BCUT2D eigenvalue weighted by atomic mass is 10.3. The average molecular weight is 191 g/mol. The Labute approximate surface area is 62.0 Å². The highest BCUT2D eigenvalue weighted by Crippen LogP contribution is 2.05. The fourth-order valence-electron chi connectivity index (χ4n) is 0.297. The summed E-state index contributed by atoms with van der Waals surface area (Å²) in [6.45, 7) is 4.96. The zero-order valence-corrected chi connectivity index (χ0v) is 6.60. The van der Waals surface area contributed by atoms with Crippen LogP contribution in [0, 0.1) is 0 Å². The number of carboxylic acids is 1. The molecule has 0 rings (SSSR count). The van der Waals surface area contributed by atoms with E-state index in [-0.39, 0.29) is 5.57 Å². The Morgan fingerprint density at radius 2 is 2.22 bits per heavy atom. The van der Waals surface area contributed by atoms with Crippen LogP contribution in [0.1, 0.15) is 6.92 Å². The molecule has 0 saturated heterocycles. The minimum atomic E-state index is -0.921. The normalized spacial score (nSPS) is 11.1. The molecule has 50 valence electrons. The average Bonchev–Trinajstić information content (AvgIpc) is 1.63. The molecule has 9 heavy (non-hydrogen) atoms. The third kappa shape index (κ3) is 3.97. The number of halogens is 1. The molecule has 0 spiro atoms. The van der Waals surface area contributed by atoms with Crippen molar-refractivity contribution in [2.24, 2.45) is 0 Å². The van der Waals surface area contributed by atoms with Crippen LogP contribution in [0.5, 0.6) is 0 Å². The lowest BCUT2D eigenvalue weighted by Gasteiger charge is -1.88. The Morgan fingerprint density at radius 1 is 1.78 bits per heavy atom. The first-order valence-corrected chi connectivity index (χ1v) is 3.09. The molecule has 0 aliphatic heterocycles. The van der Waals surface area contributed by atoms with E-state index < -0.39 is 5.97 Å². The molecule has 0 aromatic carbocycles. The summed E-state index contributed by atoms with van der Waals surface area (Å²) in [5.41, 5.74) is 0.275. The summed E-state index contributed by atoms with van der Waals surface area (Å²) < 4.78 is 0.572. The highest BCUT2D eigenvalue weighted by Gasteiger charge is 1.97. The zero-order valence-electron chi connectivity index (χ0n) is 5.02. The molecule has 0 radical (unpaired) electrons. The van der Waals surface area contributed by atoms with Crippen molar-refractivity contribution in [2.75, 3.05) is 0 Å². The second kappa shape index (κ2) is 3.45. The maximum absolute atomic E-state index is 10.1. The maximum atomic E-state index is 10.1. The van der Waals surface area contributed by atoms with E-state index in [0.717, 1.165) is 0 Å². The molecule has 0 atom stereocenters. The van der Waals surface area contributed by atoms with Crippen LogP contribution in [0.3, 0.4) is 0 Å². The lowest BCUT2D eigenvalue weighted by molar-refractivity contribution is -0.132. The van der Waals surface area contributed by atoms with Crippen molar-refractivity contribution in [1.29, 1.82) is 0 Å². The van der Waals surface area contributed by atoms with Gasteiger partial charge in [0, 0.05) is 10.1 Å². The molecule has 0 heterocycles. The van der Waals surface area contributed by atoms with Gasteiger partial charge in [0.25, 0.3) is 0 Å². The summed E-state index contributed by atoms with van der Waals surface area (Å²) >= 11 is 3.01. The fourth-order valence-corrected chi connectivity index (χ4v) is 0.640. The molecule has 1 N–H and O–H groups in total. The third-order valence-corrected chi connectivity index (χ3v) is 0.939. The van der Waals surface area contributed by atoms with Crippen LogP contribution < -0.4 is 0 Å². The zero-order chi connectivity index (χ0) is 7.44. The first kappa shape index (κ1) is 8.43. The van der Waals surface area contributed by atoms with Crippen LogP contribution in [0.15, 0.2) is 22.7 Å². The van der Waals surface area contributed by atoms with Gasteiger partial charge in [-0.1, -0.05) is 22.5 Å². The highest BCUT2D eigenvalue weighted by atomic mass is 79.9. The summed E-state index contributed by atoms with van der Waals surface area (Å²) in [6, 6.07) is 0. The number of aliphatic carboxylic acids is 1. The molecule has 0 unspecified atom stereocenters. The first-order valence-electron chi connectivity index (χ1n) is 2.30. The molecular formula is C6H7BrO2. The van der Waals surface area contributed by atoms with Gasteiger partial charge < -0.3 is 5.11 Å². The fraction of sp³-hybridized carbons (Fsp3) is 0.167. The molecule has 0 aromatic rings. The van der Waals surface area contributed by atoms with E-state index in [4.69, 9.17) is 5.11 Å². The number of allylic oxidation sites excluding steroid dienone is 2. The smallest absolute Gasteiger partial charge is 0.331 e. The molecule has 0 aromatic heterocycles. The summed E-state index contributed by atoms with van der Waals surface area (Å²) in [5, 5.41) is 8.30. The van der Waals surface area contributed by atoms with E-state index in [9.17, 15) is 4.79 Å². The molecule has 3 heteroatoms. The predicted molar refractivity (Wildman–Crippen MR) is 39.5 cm³/mol. The van der Waals surface area contributed by atoms with E-state index in [1.807, 2.05) is 0 Å². The molecule has 0 aliphatic carbocycles. The molecule has 2 nitrogen and oxygen atoms in total. The van der Waals surface area contributed by atoms with Gasteiger partial charge >= 0.3 is 5.97 Å². The minimum Gasteiger partial charge on any atom is -0.478 e. The Hall–Kier alpha value is -0.570. The van der Waals surface area contributed by atoms with Gasteiger partial charge in [-0.15, -0.1) is 0 Å². The molecule has 0 amide bonds. The summed E-state index contributed by atoms with van der Waals surface area (Å²) in [7, 11) is 0. The summed E-state index contributed by atoms with van der Waals surface area (Å²) in [4.78, 5) is 10.1. The van der Waals surface area contributed by atoms with Crippen molar-refractivity contribution in [1.82, 2.24) is 0 Å². The van der Waals surface area contributed by atoms with Crippen molar-refractivity contribution < 1.29 is 9.90 Å². The van der Waals surface area contributed by atoms with Gasteiger partial charge in [-0.05, 0) is 13.0 Å². The van der Waals surface area contributed by atoms with E-state index >= 15 is 0 Å². The molecule has 0 fully saturated rings. The van der Waals surface area contributed by atoms with Crippen molar-refractivity contribution >= 4 is 21.9 Å². The van der Waals surface area contributed by atoms with Crippen LogP contribution in [0.4, 0.5) is 0 Å². The second-order valence-corrected chi connectivity index (χ2v) is 2.60. The van der Waals surface area contributed by atoms with Crippen LogP contribution in [0.2, 0.25) is 0 Å². The Kier molecular flexibility index (Phi) is 3.24. The van der Waals surface area contributed by atoms with Crippen LogP contribution in [-0.2, 0) is 4.79 Å². The Bertz CT molecular complexity index is 170. The molecule has 0 saturated carbocycles. The van der Waals surface area contributed by atoms with E-state index in [1.54, 1.807) is 0 Å². The van der Waals surface area contributed by atoms with Crippen molar-refractivity contribution in [3.63, 3.8) is 0 Å². The number of carboxylic acid groups (broad SMARTS) is 1. The maximum Gasteiger partial charge on any atom is 0.331 e. The van der Waals surface area contributed by atoms with Gasteiger partial charge in [0.15, 0.2) is 0 Å². The topological polar surface area (TPSA) is 37.3 Å². The second-order valence-electron chi connectivity index (χ2n) is 1.58. The Morgan fingerprint density at radius 3 is 2.33 bits per heavy atom. The van der Waals surface area contributed by atoms with E-state index in [1.165, 1.54) is 13.0 Å². The van der Waals surface area contributed by atoms with Crippen molar-refractivity contribution in [2.45, 2.75) is 6.92 Å². The highest BCUT2D eigenvalue weighted by molar-refractivity contribution is 9.11. The van der Waals surface area contributed by atoms with Gasteiger partial charge in [-0.3, -0.25) is 0 Å². The third-order valence-electron chi connectivity index (χ3n) is 0.710. The van der Waals surface area contributed by atoms with Crippen molar-refractivity contribution in [3.05, 3.63) is 22.7 Å². The predicted octanol–water partition coefficient (Wildman–Crippen LogP) is 1.93. The van der Waals surface area contributed by atoms with Crippen LogP contribution in [-0.4, -0.2) is 11.1 Å². The first-order chi connectivity index (χ1) is 4.04. The minimum absolute atomic E-state index is 0.275. The Balaban J connectivity index is 4.17. The van der Waals surface area contributed by atoms with E-state index in [2.05, 4.69) is 22.5 Å². The van der Waals surface area contributed by atoms with Crippen LogP contribution >= 0.6 is 15.9 Å². The van der Waals surface area contributed by atoms with Gasteiger partial charge in [0.05, 0.1) is 0 Å². The molecule has 0 aliphatic rings. The monoisotopic (exact) mass is 190 g/mol. The lowest BCUT2D eigenvalue weighted by Crippen LogP contribution is -1.94. The van der Waals surface area contributed by atoms with E-state index in [0.29, 0.717) is 4.48 Å². The van der Waals surface area contributed by atoms with Crippen molar-refractivity contribution in [3.8, 4) is 0 Å². The number of rotatable bonds is 2. The summed E-state index contributed by atoms with van der Waals surface area (Å²) in [6.07, 6.45) is 1.45. The van der Waals surface area contributed by atoms with Crippen LogP contribution in [0.25, 0.3) is 0 Å². The summed E-state index contributed by atoms with van der Waals surface area (Å²) in [5.74, 6) is -0.921. The number of carbonyl (C=O) groups is 1. The largest absolute Gasteiger partial charge is 0.478 e. The standard InChI is InChI=1S/C6H7BrO2/c1-4(6(8)9)3-5(2)7/h3H,2H2,1H3,(H,8,9)/b4-3+. The van der Waals surface area contributed by atoms with Gasteiger partial charge in [0.2, 0.25) is 0 Å². The quantitative estimate of drug-likeness (QED) is 0.534. The number of hydrogen-bond donors (Lipinski definition) is 1. The SMILES string of the molecule is C=C(Br)/C=C(\C)C(=O)O. The molecule has 0 bridgehead atoms. The molecular weight excluding hydrogens is 184 g/mol. The number of hydrogen-bond acceptors (Lipinski definition) is 1. The van der Waals surface area contributed by atoms with Gasteiger partial charge in [0.1, 0.15) is 0 Å². The van der Waals surface area contributed by atoms with Gasteiger partial charge in [-0.2, -0.15) is 0 Å².